The van der Waals surface area contributed by atoms with Crippen LogP contribution in [0.1, 0.15) is 33.3 Å². The van der Waals surface area contributed by atoms with Gasteiger partial charge in [0.2, 0.25) is 0 Å². The number of aryl methyl sites for hydroxylation is 1. The lowest BCUT2D eigenvalue weighted by atomic mass is 9.94. The van der Waals surface area contributed by atoms with E-state index in [0.717, 1.165) is 16.3 Å². The van der Waals surface area contributed by atoms with Crippen LogP contribution in [0.2, 0.25) is 0 Å². The summed E-state index contributed by atoms with van der Waals surface area (Å²) in [5.41, 5.74) is 3.05. The smallest absolute Gasteiger partial charge is 0.361 e. The maximum absolute atomic E-state index is 13.9. The molecule has 6 aromatic rings. The number of fused-ring (bicyclic) bond motifs is 7. The number of aromatic hydroxyl groups is 1. The van der Waals surface area contributed by atoms with E-state index in [4.69, 9.17) is 28.1 Å². The van der Waals surface area contributed by atoms with Crippen LogP contribution in [0.4, 0.5) is 0 Å². The zero-order valence-corrected chi connectivity index (χ0v) is 27.9. The molecular formula is C35H34BrNO8. The summed E-state index contributed by atoms with van der Waals surface area (Å²) in [5.74, 6) is 2.35. The number of phenolic OH excluding ortho intramolecular Hbond substituents is 1. The summed E-state index contributed by atoms with van der Waals surface area (Å²) in [6, 6.07) is 11.1. The highest BCUT2D eigenvalue weighted by atomic mass is 79.9. The molecule has 0 spiro atoms. The third kappa shape index (κ3) is 4.88. The highest BCUT2D eigenvalue weighted by Crippen LogP contribution is 2.51. The van der Waals surface area contributed by atoms with Gasteiger partial charge in [-0.1, -0.05) is 0 Å². The summed E-state index contributed by atoms with van der Waals surface area (Å²) in [4.78, 5) is 13.9. The van der Waals surface area contributed by atoms with E-state index in [9.17, 15) is 9.90 Å². The molecule has 6 rings (SSSR count). The lowest BCUT2D eigenvalue weighted by Gasteiger charge is -2.17. The molecule has 1 N–H and O–H groups in total. The van der Waals surface area contributed by atoms with Crippen LogP contribution in [0.5, 0.6) is 34.5 Å². The van der Waals surface area contributed by atoms with Crippen LogP contribution in [0, 0.1) is 6.92 Å². The van der Waals surface area contributed by atoms with Crippen molar-refractivity contribution in [3.63, 3.8) is 0 Å². The normalized spacial score (nSPS) is 11.8. The van der Waals surface area contributed by atoms with Crippen molar-refractivity contribution in [2.45, 2.75) is 46.8 Å². The molecule has 10 heteroatoms. The Labute approximate surface area is 267 Å². The Morgan fingerprint density at radius 2 is 1.38 bits per heavy atom. The summed E-state index contributed by atoms with van der Waals surface area (Å²) in [5, 5.41) is 14.1. The van der Waals surface area contributed by atoms with Crippen molar-refractivity contribution >= 4 is 54.1 Å². The van der Waals surface area contributed by atoms with Crippen molar-refractivity contribution in [3.05, 3.63) is 63.1 Å². The number of aromatic nitrogens is 1. The molecule has 9 nitrogen and oxygen atoms in total. The van der Waals surface area contributed by atoms with Crippen molar-refractivity contribution in [1.82, 2.24) is 4.40 Å². The van der Waals surface area contributed by atoms with Gasteiger partial charge in [-0.3, -0.25) is 0 Å². The van der Waals surface area contributed by atoms with E-state index < -0.39 is 5.63 Å². The van der Waals surface area contributed by atoms with E-state index in [1.807, 2.05) is 69.5 Å². The fraction of sp³-hybridized carbons (Fsp3) is 0.286. The van der Waals surface area contributed by atoms with Crippen molar-refractivity contribution in [2.24, 2.45) is 0 Å². The Kier molecular flexibility index (Phi) is 7.72. The molecular weight excluding hydrogens is 642 g/mol. The minimum atomic E-state index is -0.531. The molecule has 0 aliphatic heterocycles. The van der Waals surface area contributed by atoms with Gasteiger partial charge in [0.05, 0.1) is 43.5 Å². The molecule has 0 aliphatic carbocycles. The number of benzene rings is 3. The first-order valence-electron chi connectivity index (χ1n) is 14.5. The predicted octanol–water partition coefficient (Wildman–Crippen LogP) is 8.40. The average molecular weight is 677 g/mol. The Hall–Kier alpha value is -4.57. The quantitative estimate of drug-likeness (QED) is 0.161. The summed E-state index contributed by atoms with van der Waals surface area (Å²) < 4.78 is 37.3. The molecule has 45 heavy (non-hydrogen) atoms. The lowest BCUT2D eigenvalue weighted by Crippen LogP contribution is -2.07. The molecule has 3 aromatic heterocycles. The SMILES string of the molecule is COc1cc2c(ccn3c2c(-c2c(C)cc(OC)c(O)c2Br)c2c4cc(OC)c(OC(C)C)cc4oc(=O)c23)cc1OC(C)C. The Morgan fingerprint density at radius 3 is 1.98 bits per heavy atom. The number of hydrogen-bond acceptors (Lipinski definition) is 8. The highest BCUT2D eigenvalue weighted by Gasteiger charge is 2.28. The zero-order valence-electron chi connectivity index (χ0n) is 26.3. The molecule has 0 aliphatic rings. The van der Waals surface area contributed by atoms with Gasteiger partial charge in [-0.25, -0.2) is 4.79 Å². The van der Waals surface area contributed by atoms with Crippen molar-refractivity contribution in [3.8, 4) is 45.6 Å². The van der Waals surface area contributed by atoms with Gasteiger partial charge in [0.15, 0.2) is 34.5 Å². The lowest BCUT2D eigenvalue weighted by molar-refractivity contribution is 0.230. The van der Waals surface area contributed by atoms with E-state index in [1.54, 1.807) is 26.4 Å². The molecule has 0 fully saturated rings. The number of methoxy groups -OCH3 is 3. The molecule has 0 saturated heterocycles. The number of nitrogens with zero attached hydrogens (tertiary/aromatic N) is 1. The second-order valence-electron chi connectivity index (χ2n) is 11.4. The molecule has 0 unspecified atom stereocenters. The molecule has 3 heterocycles. The average Bonchev–Trinajstić information content (AvgIpc) is 3.34. The second-order valence-corrected chi connectivity index (χ2v) is 12.2. The summed E-state index contributed by atoms with van der Waals surface area (Å²) >= 11 is 3.67. The highest BCUT2D eigenvalue weighted by molar-refractivity contribution is 9.10. The Bertz CT molecular complexity index is 2200. The van der Waals surface area contributed by atoms with Crippen LogP contribution in [-0.2, 0) is 0 Å². The molecule has 0 bridgehead atoms. The Balaban J connectivity index is 1.89. The standard InChI is InChI=1S/C35H34BrNO8/c1-16(2)43-25-12-19-9-10-37-32(20(19)13-23(25)40-6)30(28-18(5)11-27(42-8)34(38)31(28)36)29-21-14-24(41-7)26(44-17(3)4)15-22(21)45-35(39)33(29)37/h9-17,38H,1-8H3. The molecule has 0 amide bonds. The molecule has 234 valence electrons. The van der Waals surface area contributed by atoms with Gasteiger partial charge in [-0.05, 0) is 91.8 Å². The van der Waals surface area contributed by atoms with Crippen LogP contribution >= 0.6 is 15.9 Å². The Morgan fingerprint density at radius 1 is 0.778 bits per heavy atom. The fourth-order valence-corrected chi connectivity index (χ4v) is 6.67. The number of ether oxygens (including phenoxy) is 5. The van der Waals surface area contributed by atoms with Gasteiger partial charge in [0.25, 0.3) is 0 Å². The maximum atomic E-state index is 13.9. The third-order valence-corrected chi connectivity index (χ3v) is 8.50. The van der Waals surface area contributed by atoms with Crippen molar-refractivity contribution in [1.29, 1.82) is 0 Å². The van der Waals surface area contributed by atoms with Crippen LogP contribution in [0.25, 0.3) is 49.3 Å². The monoisotopic (exact) mass is 675 g/mol. The van der Waals surface area contributed by atoms with E-state index in [-0.39, 0.29) is 18.0 Å². The van der Waals surface area contributed by atoms with Gasteiger partial charge in [-0.2, -0.15) is 0 Å². The van der Waals surface area contributed by atoms with Crippen LogP contribution < -0.4 is 29.3 Å². The topological polar surface area (TPSA) is 101 Å². The second kappa shape index (κ2) is 11.4. The predicted molar refractivity (Wildman–Crippen MR) is 179 cm³/mol. The maximum Gasteiger partial charge on any atom is 0.361 e. The van der Waals surface area contributed by atoms with E-state index in [1.165, 1.54) is 7.11 Å². The number of rotatable bonds is 8. The molecule has 0 saturated carbocycles. The van der Waals surface area contributed by atoms with Crippen LogP contribution in [-0.4, -0.2) is 43.0 Å². The van der Waals surface area contributed by atoms with Crippen molar-refractivity contribution < 1.29 is 33.2 Å². The largest absolute Gasteiger partial charge is 0.503 e. The van der Waals surface area contributed by atoms with Crippen LogP contribution in [0.15, 0.2) is 56.3 Å². The first-order valence-corrected chi connectivity index (χ1v) is 15.3. The van der Waals surface area contributed by atoms with Gasteiger partial charge in [0, 0.05) is 39.5 Å². The molecule has 0 radical (unpaired) electrons. The number of halogens is 1. The summed E-state index contributed by atoms with van der Waals surface area (Å²) in [7, 11) is 4.67. The zero-order chi connectivity index (χ0) is 32.3. The third-order valence-electron chi connectivity index (χ3n) is 7.73. The fourth-order valence-electron chi connectivity index (χ4n) is 5.96. The number of hydrogen-bond donors (Lipinski definition) is 1. The first-order chi connectivity index (χ1) is 21.5. The van der Waals surface area contributed by atoms with Crippen LogP contribution in [0.3, 0.4) is 0 Å². The summed E-state index contributed by atoms with van der Waals surface area (Å²) in [6.07, 6.45) is 1.65. The minimum Gasteiger partial charge on any atom is -0.503 e. The number of phenols is 1. The number of pyridine rings is 1. The minimum absolute atomic E-state index is 0.0616. The summed E-state index contributed by atoms with van der Waals surface area (Å²) in [6.45, 7) is 9.67. The first kappa shape index (κ1) is 30.5. The van der Waals surface area contributed by atoms with Gasteiger partial charge >= 0.3 is 5.63 Å². The van der Waals surface area contributed by atoms with Gasteiger partial charge in [0.1, 0.15) is 11.1 Å². The van der Waals surface area contributed by atoms with E-state index >= 15 is 0 Å². The van der Waals surface area contributed by atoms with E-state index in [2.05, 4.69) is 15.9 Å². The molecule has 3 aromatic carbocycles. The van der Waals surface area contributed by atoms with Gasteiger partial charge in [-0.15, -0.1) is 0 Å². The van der Waals surface area contributed by atoms with Gasteiger partial charge < -0.3 is 37.6 Å². The molecule has 0 atom stereocenters. The van der Waals surface area contributed by atoms with E-state index in [0.29, 0.717) is 71.7 Å². The van der Waals surface area contributed by atoms with Crippen molar-refractivity contribution in [2.75, 3.05) is 21.3 Å².